The van der Waals surface area contributed by atoms with Crippen LogP contribution in [0.4, 0.5) is 20.3 Å². The van der Waals surface area contributed by atoms with Crippen LogP contribution in [0, 0.1) is 18.6 Å². The molecule has 0 aliphatic carbocycles. The Hall–Kier alpha value is -3.07. The molecule has 0 atom stereocenters. The van der Waals surface area contributed by atoms with Crippen molar-refractivity contribution in [1.29, 1.82) is 0 Å². The zero-order valence-corrected chi connectivity index (χ0v) is 15.3. The Morgan fingerprint density at radius 1 is 1.21 bits per heavy atom. The van der Waals surface area contributed by atoms with E-state index in [1.165, 1.54) is 4.57 Å². The van der Waals surface area contributed by atoms with Crippen LogP contribution in [0.15, 0.2) is 30.5 Å². The summed E-state index contributed by atoms with van der Waals surface area (Å²) >= 11 is 0. The molecule has 146 valence electrons. The quantitative estimate of drug-likeness (QED) is 0.745. The molecular weight excluding hydrogens is 368 g/mol. The fraction of sp³-hybridized carbons (Fsp3) is 0.316. The number of fused-ring (bicyclic) bond motifs is 1. The van der Waals surface area contributed by atoms with Crippen LogP contribution in [-0.4, -0.2) is 46.7 Å². The Balaban J connectivity index is 1.46. The first-order valence-corrected chi connectivity index (χ1v) is 8.92. The molecule has 0 radical (unpaired) electrons. The molecule has 1 N–H and O–H groups in total. The van der Waals surface area contributed by atoms with Gasteiger partial charge in [-0.25, -0.2) is 18.7 Å². The summed E-state index contributed by atoms with van der Waals surface area (Å²) < 4.78 is 33.8. The van der Waals surface area contributed by atoms with Crippen molar-refractivity contribution in [2.24, 2.45) is 0 Å². The third-order valence-corrected chi connectivity index (χ3v) is 4.67. The number of benzene rings is 1. The number of pyridine rings is 1. The van der Waals surface area contributed by atoms with Gasteiger partial charge in [0.1, 0.15) is 18.2 Å². The molecule has 1 fully saturated rings. The number of hydrogen-bond donors (Lipinski definition) is 1. The fourth-order valence-corrected chi connectivity index (χ4v) is 3.23. The van der Waals surface area contributed by atoms with Crippen LogP contribution in [0.2, 0.25) is 0 Å². The monoisotopic (exact) mass is 387 g/mol. The van der Waals surface area contributed by atoms with Crippen LogP contribution < -0.4 is 10.2 Å². The van der Waals surface area contributed by atoms with Gasteiger partial charge in [-0.1, -0.05) is 0 Å². The van der Waals surface area contributed by atoms with E-state index in [-0.39, 0.29) is 12.5 Å². The number of aryl methyl sites for hydroxylation is 1. The van der Waals surface area contributed by atoms with Crippen LogP contribution in [0.5, 0.6) is 0 Å². The van der Waals surface area contributed by atoms with Crippen LogP contribution in [0.3, 0.4) is 0 Å². The molecular formula is C19H19F2N5O2. The number of rotatable bonds is 4. The summed E-state index contributed by atoms with van der Waals surface area (Å²) in [5.41, 5.74) is 1.63. The van der Waals surface area contributed by atoms with E-state index in [9.17, 15) is 13.6 Å². The largest absolute Gasteiger partial charge is 0.378 e. The summed E-state index contributed by atoms with van der Waals surface area (Å²) in [5, 5.41) is 2.72. The van der Waals surface area contributed by atoms with Gasteiger partial charge in [0, 0.05) is 25.2 Å². The number of carbonyl (C=O) groups excluding carboxylic acids is 1. The van der Waals surface area contributed by atoms with Gasteiger partial charge < -0.3 is 19.5 Å². The smallest absolute Gasteiger partial charge is 0.245 e. The third-order valence-electron chi connectivity index (χ3n) is 4.67. The van der Waals surface area contributed by atoms with E-state index in [0.717, 1.165) is 30.9 Å². The number of halogens is 2. The van der Waals surface area contributed by atoms with Gasteiger partial charge in [-0.15, -0.1) is 0 Å². The number of aromatic nitrogens is 3. The summed E-state index contributed by atoms with van der Waals surface area (Å²) in [6, 6.07) is 5.70. The first-order chi connectivity index (χ1) is 13.5. The molecule has 3 aromatic rings. The molecule has 0 unspecified atom stereocenters. The summed E-state index contributed by atoms with van der Waals surface area (Å²) in [7, 11) is 0. The van der Waals surface area contributed by atoms with Crippen LogP contribution in [-0.2, 0) is 16.1 Å². The Bertz CT molecular complexity index is 1010. The molecule has 0 bridgehead atoms. The van der Waals surface area contributed by atoms with E-state index < -0.39 is 11.6 Å². The van der Waals surface area contributed by atoms with Crippen molar-refractivity contribution in [3.63, 3.8) is 0 Å². The summed E-state index contributed by atoms with van der Waals surface area (Å²) in [4.78, 5) is 23.1. The van der Waals surface area contributed by atoms with E-state index in [4.69, 9.17) is 4.74 Å². The van der Waals surface area contributed by atoms with Crippen molar-refractivity contribution in [1.82, 2.24) is 14.5 Å². The van der Waals surface area contributed by atoms with Crippen molar-refractivity contribution < 1.29 is 18.3 Å². The standard InChI is InChI=1S/C19H19F2N5O2/c1-12-23-16-8-14(20)15(21)9-17(16)26(12)11-19(27)24-18-3-2-13(10-22-18)25-4-6-28-7-5-25/h2-3,8-10H,4-7,11H2,1H3,(H,22,24,27). The number of imidazole rings is 1. The molecule has 3 heterocycles. The Morgan fingerprint density at radius 2 is 1.96 bits per heavy atom. The molecule has 4 rings (SSSR count). The van der Waals surface area contributed by atoms with Gasteiger partial charge in [0.15, 0.2) is 11.6 Å². The Labute approximate surface area is 159 Å². The number of carbonyl (C=O) groups is 1. The minimum atomic E-state index is -0.977. The zero-order chi connectivity index (χ0) is 19.7. The van der Waals surface area contributed by atoms with Crippen molar-refractivity contribution in [2.75, 3.05) is 36.5 Å². The number of anilines is 2. The minimum Gasteiger partial charge on any atom is -0.378 e. The highest BCUT2D eigenvalue weighted by Crippen LogP contribution is 2.20. The second-order valence-electron chi connectivity index (χ2n) is 6.55. The summed E-state index contributed by atoms with van der Waals surface area (Å²) in [5.74, 6) is -1.37. The zero-order valence-electron chi connectivity index (χ0n) is 15.3. The molecule has 1 aliphatic heterocycles. The highest BCUT2D eigenvalue weighted by atomic mass is 19.2. The lowest BCUT2D eigenvalue weighted by molar-refractivity contribution is -0.116. The lowest BCUT2D eigenvalue weighted by atomic mass is 10.3. The van der Waals surface area contributed by atoms with Gasteiger partial charge in [-0.05, 0) is 19.1 Å². The van der Waals surface area contributed by atoms with Crippen molar-refractivity contribution in [3.05, 3.63) is 47.9 Å². The number of amides is 1. The number of morpholine rings is 1. The van der Waals surface area contributed by atoms with Crippen LogP contribution in [0.1, 0.15) is 5.82 Å². The molecule has 28 heavy (non-hydrogen) atoms. The van der Waals surface area contributed by atoms with E-state index in [0.29, 0.717) is 35.9 Å². The third kappa shape index (κ3) is 3.65. The molecule has 1 aliphatic rings. The van der Waals surface area contributed by atoms with Gasteiger partial charge in [-0.2, -0.15) is 0 Å². The highest BCUT2D eigenvalue weighted by molar-refractivity contribution is 5.91. The molecule has 0 saturated carbocycles. The first-order valence-electron chi connectivity index (χ1n) is 8.92. The van der Waals surface area contributed by atoms with Crippen molar-refractivity contribution in [2.45, 2.75) is 13.5 Å². The highest BCUT2D eigenvalue weighted by Gasteiger charge is 2.15. The maximum Gasteiger partial charge on any atom is 0.245 e. The van der Waals surface area contributed by atoms with E-state index in [1.807, 2.05) is 6.07 Å². The Morgan fingerprint density at radius 3 is 2.68 bits per heavy atom. The van der Waals surface area contributed by atoms with Crippen LogP contribution >= 0.6 is 0 Å². The maximum absolute atomic E-state index is 13.6. The predicted octanol–water partition coefficient (Wildman–Crippen LogP) is 2.49. The first kappa shape index (κ1) is 18.3. The van der Waals surface area contributed by atoms with Gasteiger partial charge in [-0.3, -0.25) is 4.79 Å². The fourth-order valence-electron chi connectivity index (χ4n) is 3.23. The van der Waals surface area contributed by atoms with E-state index >= 15 is 0 Å². The number of nitrogens with one attached hydrogen (secondary N) is 1. The van der Waals surface area contributed by atoms with E-state index in [1.54, 1.807) is 19.2 Å². The minimum absolute atomic E-state index is 0.0830. The molecule has 0 spiro atoms. The summed E-state index contributed by atoms with van der Waals surface area (Å²) in [6.45, 7) is 4.57. The average molecular weight is 387 g/mol. The second kappa shape index (κ2) is 7.51. The molecule has 2 aromatic heterocycles. The SMILES string of the molecule is Cc1nc2cc(F)c(F)cc2n1CC(=O)Nc1ccc(N2CCOCC2)cn1. The van der Waals surface area contributed by atoms with Crippen LogP contribution in [0.25, 0.3) is 11.0 Å². The Kier molecular flexibility index (Phi) is 4.91. The van der Waals surface area contributed by atoms with Gasteiger partial charge in [0.25, 0.3) is 0 Å². The lowest BCUT2D eigenvalue weighted by Crippen LogP contribution is -2.36. The normalized spacial score (nSPS) is 14.5. The van der Waals surface area contributed by atoms with Crippen molar-refractivity contribution in [3.8, 4) is 0 Å². The number of hydrogen-bond acceptors (Lipinski definition) is 5. The van der Waals surface area contributed by atoms with Gasteiger partial charge in [0.2, 0.25) is 5.91 Å². The average Bonchev–Trinajstić information content (AvgIpc) is 2.98. The summed E-state index contributed by atoms with van der Waals surface area (Å²) in [6.07, 6.45) is 1.71. The molecule has 1 saturated heterocycles. The molecule has 9 heteroatoms. The van der Waals surface area contributed by atoms with Gasteiger partial charge in [0.05, 0.1) is 36.1 Å². The molecule has 1 aromatic carbocycles. The van der Waals surface area contributed by atoms with Crippen molar-refractivity contribution >= 4 is 28.4 Å². The second-order valence-corrected chi connectivity index (χ2v) is 6.55. The molecule has 1 amide bonds. The topological polar surface area (TPSA) is 72.3 Å². The number of nitrogens with zero attached hydrogens (tertiary/aromatic N) is 4. The predicted molar refractivity (Wildman–Crippen MR) is 100 cm³/mol. The number of ether oxygens (including phenoxy) is 1. The maximum atomic E-state index is 13.6. The molecule has 7 nitrogen and oxygen atoms in total. The lowest BCUT2D eigenvalue weighted by Gasteiger charge is -2.28. The van der Waals surface area contributed by atoms with Gasteiger partial charge >= 0.3 is 0 Å². The van der Waals surface area contributed by atoms with E-state index in [2.05, 4.69) is 20.2 Å².